The number of thiophene rings is 1. The van der Waals surface area contributed by atoms with Crippen molar-refractivity contribution in [2.24, 2.45) is 0 Å². The van der Waals surface area contributed by atoms with E-state index in [0.29, 0.717) is 15.6 Å². The number of nitrogens with one attached hydrogen (secondary N) is 1. The lowest BCUT2D eigenvalue weighted by Gasteiger charge is -2.13. The van der Waals surface area contributed by atoms with Gasteiger partial charge in [0.05, 0.1) is 17.8 Å². The highest BCUT2D eigenvalue weighted by Gasteiger charge is 2.44. The second-order valence-corrected chi connectivity index (χ2v) is 6.37. The van der Waals surface area contributed by atoms with Crippen LogP contribution in [0.15, 0.2) is 18.2 Å². The number of fused-ring (bicyclic) bond motifs is 1. The predicted molar refractivity (Wildman–Crippen MR) is 77.8 cm³/mol. The molecule has 0 atom stereocenters. The molecule has 1 amide bonds. The number of halogens is 1. The Hall–Kier alpha value is -1.30. The summed E-state index contributed by atoms with van der Waals surface area (Å²) in [4.78, 5) is 12.7. The number of amides is 1. The van der Waals surface area contributed by atoms with Crippen molar-refractivity contribution < 1.29 is 9.90 Å². The lowest BCUT2D eigenvalue weighted by molar-refractivity contribution is 0.0912. The Morgan fingerprint density at radius 1 is 1.53 bits per heavy atom. The van der Waals surface area contributed by atoms with Gasteiger partial charge in [-0.2, -0.15) is 0 Å². The minimum absolute atomic E-state index is 0.0324. The van der Waals surface area contributed by atoms with Crippen molar-refractivity contribution in [1.29, 1.82) is 0 Å². The van der Waals surface area contributed by atoms with Gasteiger partial charge in [-0.3, -0.25) is 4.79 Å². The number of carbonyl (C=O) groups is 1. The summed E-state index contributed by atoms with van der Waals surface area (Å²) < 4.78 is 0.931. The lowest BCUT2D eigenvalue weighted by Crippen LogP contribution is -2.39. The molecule has 1 aromatic heterocycles. The van der Waals surface area contributed by atoms with Crippen LogP contribution < -0.4 is 11.1 Å². The first kappa shape index (κ1) is 12.7. The van der Waals surface area contributed by atoms with Gasteiger partial charge in [0.1, 0.15) is 4.88 Å². The average molecular weight is 297 g/mol. The zero-order chi connectivity index (χ0) is 13.6. The van der Waals surface area contributed by atoms with Crippen LogP contribution in [0.25, 0.3) is 10.1 Å². The SMILES string of the molecule is Nc1c(C(=O)NC2(CO)CC2)sc2ccc(Cl)cc12. The Kier molecular flexibility index (Phi) is 2.92. The van der Waals surface area contributed by atoms with Crippen molar-refractivity contribution >= 4 is 44.6 Å². The van der Waals surface area contributed by atoms with E-state index in [-0.39, 0.29) is 12.5 Å². The van der Waals surface area contributed by atoms with E-state index in [1.54, 1.807) is 12.1 Å². The first-order valence-corrected chi connectivity index (χ1v) is 7.15. The van der Waals surface area contributed by atoms with E-state index in [1.807, 2.05) is 6.07 Å². The van der Waals surface area contributed by atoms with Gasteiger partial charge < -0.3 is 16.2 Å². The summed E-state index contributed by atoms with van der Waals surface area (Å²) in [6.07, 6.45) is 1.62. The number of nitrogens with two attached hydrogens (primary N) is 1. The highest BCUT2D eigenvalue weighted by atomic mass is 35.5. The molecule has 1 saturated carbocycles. The number of nitrogen functional groups attached to an aromatic ring is 1. The fraction of sp³-hybridized carbons (Fsp3) is 0.308. The first-order valence-electron chi connectivity index (χ1n) is 5.95. The fourth-order valence-electron chi connectivity index (χ4n) is 2.03. The van der Waals surface area contributed by atoms with Crippen molar-refractivity contribution in [3.63, 3.8) is 0 Å². The smallest absolute Gasteiger partial charge is 0.264 e. The summed E-state index contributed by atoms with van der Waals surface area (Å²) in [5, 5.41) is 13.5. The Bertz CT molecular complexity index is 664. The molecule has 0 unspecified atom stereocenters. The standard InChI is InChI=1S/C13H13ClN2O2S/c14-7-1-2-9-8(5-7)10(15)11(19-9)12(18)16-13(6-17)3-4-13/h1-2,5,17H,3-4,6,15H2,(H,16,18). The molecule has 0 radical (unpaired) electrons. The molecule has 4 N–H and O–H groups in total. The van der Waals surface area contributed by atoms with E-state index >= 15 is 0 Å². The molecule has 1 aliphatic rings. The maximum atomic E-state index is 12.2. The van der Waals surface area contributed by atoms with Gasteiger partial charge in [-0.15, -0.1) is 11.3 Å². The molecule has 4 nitrogen and oxygen atoms in total. The van der Waals surface area contributed by atoms with E-state index in [0.717, 1.165) is 22.9 Å². The summed E-state index contributed by atoms with van der Waals surface area (Å²) in [6.45, 7) is -0.0324. The zero-order valence-corrected chi connectivity index (χ0v) is 11.6. The molecule has 3 rings (SSSR count). The lowest BCUT2D eigenvalue weighted by atomic mass is 10.2. The zero-order valence-electron chi connectivity index (χ0n) is 10.1. The Morgan fingerprint density at radius 2 is 2.26 bits per heavy atom. The second-order valence-electron chi connectivity index (χ2n) is 4.88. The van der Waals surface area contributed by atoms with Gasteiger partial charge in [0, 0.05) is 15.1 Å². The fourth-order valence-corrected chi connectivity index (χ4v) is 3.20. The Morgan fingerprint density at radius 3 is 2.89 bits per heavy atom. The highest BCUT2D eigenvalue weighted by molar-refractivity contribution is 7.21. The van der Waals surface area contributed by atoms with E-state index in [2.05, 4.69) is 5.32 Å². The number of aliphatic hydroxyl groups is 1. The van der Waals surface area contributed by atoms with E-state index in [4.69, 9.17) is 17.3 Å². The van der Waals surface area contributed by atoms with Crippen LogP contribution in [-0.2, 0) is 0 Å². The molecule has 1 fully saturated rings. The van der Waals surface area contributed by atoms with E-state index < -0.39 is 5.54 Å². The molecule has 1 heterocycles. The Labute approximate surface area is 119 Å². The topological polar surface area (TPSA) is 75.4 Å². The van der Waals surface area contributed by atoms with Crippen LogP contribution in [0.5, 0.6) is 0 Å². The second kappa shape index (κ2) is 4.37. The highest BCUT2D eigenvalue weighted by Crippen LogP contribution is 2.38. The number of rotatable bonds is 3. The average Bonchev–Trinajstić information content (AvgIpc) is 3.09. The van der Waals surface area contributed by atoms with Crippen molar-refractivity contribution in [3.8, 4) is 0 Å². The van der Waals surface area contributed by atoms with Crippen molar-refractivity contribution in [2.45, 2.75) is 18.4 Å². The van der Waals surface area contributed by atoms with Crippen LogP contribution in [0, 0.1) is 0 Å². The quantitative estimate of drug-likeness (QED) is 0.814. The molecule has 19 heavy (non-hydrogen) atoms. The van der Waals surface area contributed by atoms with Crippen LogP contribution in [0.2, 0.25) is 5.02 Å². The maximum Gasteiger partial charge on any atom is 0.264 e. The molecular formula is C13H13ClN2O2S. The Balaban J connectivity index is 1.96. The van der Waals surface area contributed by atoms with Crippen LogP contribution in [0.1, 0.15) is 22.5 Å². The molecule has 0 bridgehead atoms. The maximum absolute atomic E-state index is 12.2. The normalized spacial score (nSPS) is 16.5. The number of anilines is 1. The largest absolute Gasteiger partial charge is 0.397 e. The van der Waals surface area contributed by atoms with Crippen LogP contribution in [0.3, 0.4) is 0 Å². The molecule has 6 heteroatoms. The van der Waals surface area contributed by atoms with E-state index in [9.17, 15) is 9.90 Å². The summed E-state index contributed by atoms with van der Waals surface area (Å²) in [7, 11) is 0. The third-order valence-corrected chi connectivity index (χ3v) is 4.85. The molecule has 2 aromatic rings. The van der Waals surface area contributed by atoms with Crippen molar-refractivity contribution in [1.82, 2.24) is 5.32 Å². The summed E-state index contributed by atoms with van der Waals surface area (Å²) in [6, 6.07) is 5.39. The van der Waals surface area contributed by atoms with Crippen molar-refractivity contribution in [2.75, 3.05) is 12.3 Å². The van der Waals surface area contributed by atoms with Gasteiger partial charge in [0.15, 0.2) is 0 Å². The third kappa shape index (κ3) is 2.18. The monoisotopic (exact) mass is 296 g/mol. The number of aliphatic hydroxyl groups excluding tert-OH is 1. The van der Waals surface area contributed by atoms with Crippen LogP contribution in [-0.4, -0.2) is 23.2 Å². The van der Waals surface area contributed by atoms with Gasteiger partial charge in [-0.05, 0) is 31.0 Å². The van der Waals surface area contributed by atoms with Crippen LogP contribution in [0.4, 0.5) is 5.69 Å². The van der Waals surface area contributed by atoms with Gasteiger partial charge in [-0.25, -0.2) is 0 Å². The predicted octanol–water partition coefficient (Wildman–Crippen LogP) is 2.39. The minimum Gasteiger partial charge on any atom is -0.397 e. The number of carbonyl (C=O) groups excluding carboxylic acids is 1. The summed E-state index contributed by atoms with van der Waals surface area (Å²) in [5.74, 6) is -0.221. The number of hydrogen-bond acceptors (Lipinski definition) is 4. The van der Waals surface area contributed by atoms with Gasteiger partial charge >= 0.3 is 0 Å². The van der Waals surface area contributed by atoms with Crippen molar-refractivity contribution in [3.05, 3.63) is 28.1 Å². The number of hydrogen-bond donors (Lipinski definition) is 3. The minimum atomic E-state index is -0.433. The molecule has 0 aliphatic heterocycles. The first-order chi connectivity index (χ1) is 9.04. The van der Waals surface area contributed by atoms with E-state index in [1.165, 1.54) is 11.3 Å². The van der Waals surface area contributed by atoms with Gasteiger partial charge in [0.25, 0.3) is 5.91 Å². The van der Waals surface area contributed by atoms with Crippen LogP contribution >= 0.6 is 22.9 Å². The number of benzene rings is 1. The molecular weight excluding hydrogens is 284 g/mol. The van der Waals surface area contributed by atoms with Gasteiger partial charge in [0.2, 0.25) is 0 Å². The summed E-state index contributed by atoms with van der Waals surface area (Å²) >= 11 is 7.28. The molecule has 1 aromatic carbocycles. The molecule has 0 spiro atoms. The third-order valence-electron chi connectivity index (χ3n) is 3.43. The molecule has 100 valence electrons. The van der Waals surface area contributed by atoms with Gasteiger partial charge in [-0.1, -0.05) is 11.6 Å². The molecule has 0 saturated heterocycles. The summed E-state index contributed by atoms with van der Waals surface area (Å²) in [5.41, 5.74) is 6.04. The molecule has 1 aliphatic carbocycles.